The van der Waals surface area contributed by atoms with Crippen molar-refractivity contribution in [2.75, 3.05) is 27.9 Å². The minimum atomic E-state index is -2.53. The highest BCUT2D eigenvalue weighted by Crippen LogP contribution is 2.24. The first-order chi connectivity index (χ1) is 20.1. The van der Waals surface area contributed by atoms with Crippen molar-refractivity contribution in [2.45, 2.75) is 118 Å². The standard InChI is InChI=1S/C14H22O.C12H26O5Si.C10H14/c1-6-11(2)12-7-9-13(10-8-12)15-14(3,4)5;1-7-12(2,3)11(13)17-9-8-10-18(14-4,15-5)16-6;1-3-9(2)10-7-5-4-6-8-10/h7-11H,6H2,1-5H3;7-10H2,1-6H3;4-9H,3H2,1-2H3. The first-order valence-electron chi connectivity index (χ1n) is 15.8. The van der Waals surface area contributed by atoms with Crippen molar-refractivity contribution in [3.63, 3.8) is 0 Å². The summed E-state index contributed by atoms with van der Waals surface area (Å²) in [6.45, 7) is 21.2. The van der Waals surface area contributed by atoms with E-state index >= 15 is 0 Å². The third-order valence-electron chi connectivity index (χ3n) is 7.70. The molecule has 0 N–H and O–H groups in total. The van der Waals surface area contributed by atoms with Gasteiger partial charge in [-0.05, 0) is 95.4 Å². The van der Waals surface area contributed by atoms with Crippen LogP contribution < -0.4 is 4.74 Å². The molecule has 43 heavy (non-hydrogen) atoms. The molecule has 0 saturated carbocycles. The summed E-state index contributed by atoms with van der Waals surface area (Å²) in [6, 6.07) is 19.7. The average molecular weight is 619 g/mol. The highest BCUT2D eigenvalue weighted by atomic mass is 28.4. The lowest BCUT2D eigenvalue weighted by molar-refractivity contribution is -0.154. The summed E-state index contributed by atoms with van der Waals surface area (Å²) in [5.74, 6) is 2.13. The number of hydrogen-bond donors (Lipinski definition) is 0. The van der Waals surface area contributed by atoms with Gasteiger partial charge in [-0.25, -0.2) is 0 Å². The molecule has 0 aliphatic heterocycles. The smallest absolute Gasteiger partial charge is 0.488 e. The van der Waals surface area contributed by atoms with Crippen LogP contribution in [-0.4, -0.2) is 48.3 Å². The van der Waals surface area contributed by atoms with Crippen molar-refractivity contribution in [3.05, 3.63) is 65.7 Å². The van der Waals surface area contributed by atoms with Crippen LogP contribution in [0.3, 0.4) is 0 Å². The molecular formula is C36H62O6Si. The SMILES string of the molecule is CCC(C)(C)C(=O)OCCC[Si](OC)(OC)OC.CCC(C)c1ccc(OC(C)(C)C)cc1.CCC(C)c1ccccc1. The molecule has 6 nitrogen and oxygen atoms in total. The van der Waals surface area contributed by atoms with Gasteiger partial charge in [-0.3, -0.25) is 4.79 Å². The van der Waals surface area contributed by atoms with E-state index in [9.17, 15) is 4.79 Å². The van der Waals surface area contributed by atoms with E-state index in [1.807, 2.05) is 20.8 Å². The van der Waals surface area contributed by atoms with Gasteiger partial charge in [0.1, 0.15) is 11.4 Å². The molecule has 0 amide bonds. The third-order valence-corrected chi connectivity index (χ3v) is 10.5. The average Bonchev–Trinajstić information content (AvgIpc) is 3.01. The zero-order valence-corrected chi connectivity index (χ0v) is 30.5. The number of esters is 1. The Morgan fingerprint density at radius 2 is 1.21 bits per heavy atom. The van der Waals surface area contributed by atoms with E-state index < -0.39 is 14.2 Å². The lowest BCUT2D eigenvalue weighted by atomic mass is 9.91. The highest BCUT2D eigenvalue weighted by molar-refractivity contribution is 6.60. The summed E-state index contributed by atoms with van der Waals surface area (Å²) < 4.78 is 26.9. The topological polar surface area (TPSA) is 63.2 Å². The maximum Gasteiger partial charge on any atom is 0.500 e. The van der Waals surface area contributed by atoms with Crippen molar-refractivity contribution in [3.8, 4) is 5.75 Å². The minimum absolute atomic E-state index is 0.113. The van der Waals surface area contributed by atoms with E-state index in [-0.39, 0.29) is 11.6 Å². The molecule has 0 aliphatic rings. The van der Waals surface area contributed by atoms with E-state index in [0.717, 1.165) is 12.2 Å². The molecule has 2 atom stereocenters. The number of benzene rings is 2. The summed E-state index contributed by atoms with van der Waals surface area (Å²) in [7, 11) is 2.19. The van der Waals surface area contributed by atoms with E-state index in [0.29, 0.717) is 30.9 Å². The third kappa shape index (κ3) is 16.5. The Balaban J connectivity index is 0.000000638. The number of ether oxygens (including phenoxy) is 2. The highest BCUT2D eigenvalue weighted by Gasteiger charge is 2.37. The first kappa shape index (κ1) is 40.8. The van der Waals surface area contributed by atoms with Crippen LogP contribution in [0.4, 0.5) is 0 Å². The Bertz CT molecular complexity index is 973. The fourth-order valence-corrected chi connectivity index (χ4v) is 5.51. The minimum Gasteiger partial charge on any atom is -0.488 e. The Kier molecular flexibility index (Phi) is 19.7. The van der Waals surface area contributed by atoms with E-state index in [4.69, 9.17) is 22.8 Å². The van der Waals surface area contributed by atoms with Gasteiger partial charge in [0.05, 0.1) is 12.0 Å². The van der Waals surface area contributed by atoms with E-state index in [1.54, 1.807) is 21.3 Å². The maximum atomic E-state index is 11.7. The number of hydrogen-bond acceptors (Lipinski definition) is 6. The summed E-state index contributed by atoms with van der Waals surface area (Å²) in [6.07, 6.45) is 3.84. The molecule has 0 bridgehead atoms. The van der Waals surface area contributed by atoms with Gasteiger partial charge >= 0.3 is 14.8 Å². The van der Waals surface area contributed by atoms with Gasteiger partial charge in [-0.15, -0.1) is 0 Å². The van der Waals surface area contributed by atoms with Crippen LogP contribution in [0.5, 0.6) is 5.75 Å². The monoisotopic (exact) mass is 618 g/mol. The molecule has 2 aromatic carbocycles. The molecule has 2 aromatic rings. The molecule has 246 valence electrons. The lowest BCUT2D eigenvalue weighted by Crippen LogP contribution is -2.42. The zero-order valence-electron chi connectivity index (χ0n) is 29.5. The van der Waals surface area contributed by atoms with Crippen LogP contribution >= 0.6 is 0 Å². The van der Waals surface area contributed by atoms with Crippen molar-refractivity contribution in [1.82, 2.24) is 0 Å². The second kappa shape index (κ2) is 20.7. The van der Waals surface area contributed by atoms with Crippen molar-refractivity contribution >= 4 is 14.8 Å². The largest absolute Gasteiger partial charge is 0.500 e. The molecule has 7 heteroatoms. The predicted octanol–water partition coefficient (Wildman–Crippen LogP) is 9.81. The lowest BCUT2D eigenvalue weighted by Gasteiger charge is -2.24. The Morgan fingerprint density at radius 1 is 0.744 bits per heavy atom. The molecule has 0 spiro atoms. The first-order valence-corrected chi connectivity index (χ1v) is 17.7. The van der Waals surface area contributed by atoms with Gasteiger partial charge in [0.25, 0.3) is 0 Å². The van der Waals surface area contributed by atoms with Gasteiger partial charge in [-0.1, -0.05) is 77.1 Å². The zero-order chi connectivity index (χ0) is 33.1. The van der Waals surface area contributed by atoms with Crippen LogP contribution in [0.2, 0.25) is 6.04 Å². The summed E-state index contributed by atoms with van der Waals surface area (Å²) in [5.41, 5.74) is 2.31. The molecule has 2 rings (SSSR count). The van der Waals surface area contributed by atoms with Gasteiger partial charge in [0, 0.05) is 27.4 Å². The van der Waals surface area contributed by atoms with Gasteiger partial charge in [0.15, 0.2) is 0 Å². The molecule has 0 heterocycles. The Hall–Kier alpha value is -2.19. The Morgan fingerprint density at radius 3 is 1.60 bits per heavy atom. The summed E-state index contributed by atoms with van der Waals surface area (Å²) in [5, 5.41) is 0. The van der Waals surface area contributed by atoms with Crippen LogP contribution in [0.15, 0.2) is 54.6 Å². The van der Waals surface area contributed by atoms with Crippen molar-refractivity contribution in [2.24, 2.45) is 5.41 Å². The maximum absolute atomic E-state index is 11.7. The molecule has 0 radical (unpaired) electrons. The molecule has 2 unspecified atom stereocenters. The second-order valence-electron chi connectivity index (χ2n) is 12.6. The quantitative estimate of drug-likeness (QED) is 0.119. The summed E-state index contributed by atoms with van der Waals surface area (Å²) in [4.78, 5) is 11.7. The van der Waals surface area contributed by atoms with Gasteiger partial charge < -0.3 is 22.8 Å². The van der Waals surface area contributed by atoms with Gasteiger partial charge in [-0.2, -0.15) is 0 Å². The van der Waals surface area contributed by atoms with Crippen LogP contribution in [0, 0.1) is 5.41 Å². The van der Waals surface area contributed by atoms with Crippen LogP contribution in [0.1, 0.15) is 118 Å². The molecule has 0 saturated heterocycles. The predicted molar refractivity (Wildman–Crippen MR) is 182 cm³/mol. The fourth-order valence-electron chi connectivity index (χ4n) is 3.82. The van der Waals surface area contributed by atoms with Crippen molar-refractivity contribution in [1.29, 1.82) is 0 Å². The molecule has 0 aromatic heterocycles. The number of carbonyl (C=O) groups is 1. The summed E-state index contributed by atoms with van der Waals surface area (Å²) >= 11 is 0. The van der Waals surface area contributed by atoms with Crippen LogP contribution in [0.25, 0.3) is 0 Å². The number of rotatable bonds is 14. The fraction of sp³-hybridized carbons (Fsp3) is 0.639. The molecule has 0 fully saturated rings. The normalized spacial score (nSPS) is 13.0. The van der Waals surface area contributed by atoms with Gasteiger partial charge in [0.2, 0.25) is 0 Å². The number of carbonyl (C=O) groups excluding carboxylic acids is 1. The van der Waals surface area contributed by atoms with Crippen molar-refractivity contribution < 1.29 is 27.5 Å². The van der Waals surface area contributed by atoms with Crippen LogP contribution in [-0.2, 0) is 22.8 Å². The second-order valence-corrected chi connectivity index (χ2v) is 15.7. The van der Waals surface area contributed by atoms with E-state index in [2.05, 4.69) is 103 Å². The Labute approximate surface area is 265 Å². The van der Waals surface area contributed by atoms with E-state index in [1.165, 1.54) is 24.0 Å². The molecular weight excluding hydrogens is 556 g/mol. The molecule has 0 aliphatic carbocycles.